The number of aryl methyl sites for hydroxylation is 1. The van der Waals surface area contributed by atoms with Crippen molar-refractivity contribution in [3.8, 4) is 0 Å². The number of pyridine rings is 1. The van der Waals surface area contributed by atoms with Crippen LogP contribution in [0.4, 0.5) is 4.39 Å². The molecule has 21 heavy (non-hydrogen) atoms. The maximum absolute atomic E-state index is 13.3. The van der Waals surface area contributed by atoms with Crippen molar-refractivity contribution in [3.05, 3.63) is 46.2 Å². The number of aromatic nitrogens is 1. The van der Waals surface area contributed by atoms with Gasteiger partial charge in [-0.1, -0.05) is 0 Å². The number of thiophene rings is 1. The minimum absolute atomic E-state index is 0.120. The maximum Gasteiger partial charge on any atom is 0.245 e. The predicted octanol–water partition coefficient (Wildman–Crippen LogP) is 3.19. The van der Waals surface area contributed by atoms with Gasteiger partial charge in [-0.3, -0.25) is 4.98 Å². The van der Waals surface area contributed by atoms with Crippen molar-refractivity contribution in [2.24, 2.45) is 0 Å². The van der Waals surface area contributed by atoms with Crippen molar-refractivity contribution < 1.29 is 12.8 Å². The summed E-state index contributed by atoms with van der Waals surface area (Å²) in [5, 5.41) is 1.93. The SMILES string of the molecule is Cc1ccsc1CN(C(C)C)S(=O)(=O)c1cncc(F)c1. The van der Waals surface area contributed by atoms with Gasteiger partial charge < -0.3 is 0 Å². The molecule has 114 valence electrons. The summed E-state index contributed by atoms with van der Waals surface area (Å²) in [6.45, 7) is 5.82. The lowest BCUT2D eigenvalue weighted by molar-refractivity contribution is 0.349. The van der Waals surface area contributed by atoms with Gasteiger partial charge in [0.05, 0.1) is 6.20 Å². The Balaban J connectivity index is 2.40. The van der Waals surface area contributed by atoms with Crippen LogP contribution in [0.5, 0.6) is 0 Å². The van der Waals surface area contributed by atoms with Crippen LogP contribution in [0.15, 0.2) is 34.8 Å². The van der Waals surface area contributed by atoms with Crippen LogP contribution < -0.4 is 0 Å². The molecule has 0 saturated carbocycles. The van der Waals surface area contributed by atoms with E-state index in [0.29, 0.717) is 0 Å². The Labute approximate surface area is 128 Å². The summed E-state index contributed by atoms with van der Waals surface area (Å²) < 4.78 is 40.0. The highest BCUT2D eigenvalue weighted by atomic mass is 32.2. The number of sulfonamides is 1. The molecule has 0 atom stereocenters. The second kappa shape index (κ2) is 6.21. The number of hydrogen-bond acceptors (Lipinski definition) is 4. The van der Waals surface area contributed by atoms with Crippen molar-refractivity contribution in [2.45, 2.75) is 38.3 Å². The number of nitrogens with zero attached hydrogens (tertiary/aromatic N) is 2. The third kappa shape index (κ3) is 3.48. The molecule has 4 nitrogen and oxygen atoms in total. The zero-order valence-electron chi connectivity index (χ0n) is 12.1. The largest absolute Gasteiger partial charge is 0.260 e. The molecule has 2 aromatic heterocycles. The highest BCUT2D eigenvalue weighted by molar-refractivity contribution is 7.89. The van der Waals surface area contributed by atoms with Crippen LogP contribution in [0.1, 0.15) is 24.3 Å². The third-order valence-electron chi connectivity index (χ3n) is 3.13. The second-order valence-corrected chi connectivity index (χ2v) is 7.90. The van der Waals surface area contributed by atoms with Gasteiger partial charge in [0.1, 0.15) is 10.7 Å². The van der Waals surface area contributed by atoms with E-state index in [4.69, 9.17) is 0 Å². The number of hydrogen-bond donors (Lipinski definition) is 0. The summed E-state index contributed by atoms with van der Waals surface area (Å²) in [4.78, 5) is 4.49. The van der Waals surface area contributed by atoms with Crippen molar-refractivity contribution >= 4 is 21.4 Å². The Bertz CT molecular complexity index is 726. The van der Waals surface area contributed by atoms with Gasteiger partial charge in [-0.15, -0.1) is 11.3 Å². The molecular formula is C14H17FN2O2S2. The highest BCUT2D eigenvalue weighted by Gasteiger charge is 2.28. The van der Waals surface area contributed by atoms with E-state index in [0.717, 1.165) is 22.7 Å². The second-order valence-electron chi connectivity index (χ2n) is 5.01. The summed E-state index contributed by atoms with van der Waals surface area (Å²) >= 11 is 1.51. The van der Waals surface area contributed by atoms with Gasteiger partial charge in [-0.25, -0.2) is 12.8 Å². The van der Waals surface area contributed by atoms with E-state index >= 15 is 0 Å². The zero-order chi connectivity index (χ0) is 15.6. The molecule has 0 saturated heterocycles. The van der Waals surface area contributed by atoms with Crippen molar-refractivity contribution in [1.29, 1.82) is 0 Å². The van der Waals surface area contributed by atoms with Crippen LogP contribution in [-0.2, 0) is 16.6 Å². The Kier molecular flexibility index (Phi) is 4.75. The van der Waals surface area contributed by atoms with Gasteiger partial charge in [0.25, 0.3) is 0 Å². The van der Waals surface area contributed by atoms with Gasteiger partial charge in [-0.2, -0.15) is 4.31 Å². The molecule has 0 aliphatic rings. The molecule has 0 N–H and O–H groups in total. The standard InChI is InChI=1S/C14H17FN2O2S2/c1-10(2)17(9-14-11(3)4-5-20-14)21(18,19)13-6-12(15)7-16-8-13/h4-8,10H,9H2,1-3H3. The number of halogens is 1. The minimum Gasteiger partial charge on any atom is -0.260 e. The van der Waals surface area contributed by atoms with E-state index in [1.54, 1.807) is 13.8 Å². The van der Waals surface area contributed by atoms with Crippen molar-refractivity contribution in [2.75, 3.05) is 0 Å². The molecule has 0 aromatic carbocycles. The summed E-state index contributed by atoms with van der Waals surface area (Å²) in [5.74, 6) is -0.660. The zero-order valence-corrected chi connectivity index (χ0v) is 13.7. The molecule has 0 aliphatic heterocycles. The fourth-order valence-electron chi connectivity index (χ4n) is 1.92. The highest BCUT2D eigenvalue weighted by Crippen LogP contribution is 2.24. The lowest BCUT2D eigenvalue weighted by Crippen LogP contribution is -2.36. The average molecular weight is 328 g/mol. The molecule has 0 spiro atoms. The van der Waals surface area contributed by atoms with E-state index in [2.05, 4.69) is 4.98 Å². The molecule has 2 aromatic rings. The molecule has 7 heteroatoms. The molecule has 0 bridgehead atoms. The summed E-state index contributed by atoms with van der Waals surface area (Å²) in [5.41, 5.74) is 1.05. The molecular weight excluding hydrogens is 311 g/mol. The molecule has 0 fully saturated rings. The van der Waals surface area contributed by atoms with Crippen LogP contribution in [0.25, 0.3) is 0 Å². The Morgan fingerprint density at radius 3 is 2.62 bits per heavy atom. The monoisotopic (exact) mass is 328 g/mol. The average Bonchev–Trinajstić information content (AvgIpc) is 2.81. The van der Waals surface area contributed by atoms with Gasteiger partial charge in [0.2, 0.25) is 10.0 Å². The van der Waals surface area contributed by atoms with E-state index in [1.807, 2.05) is 18.4 Å². The molecule has 0 radical (unpaired) electrons. The molecule has 2 rings (SSSR count). The first kappa shape index (κ1) is 16.1. The van der Waals surface area contributed by atoms with Crippen LogP contribution in [0.2, 0.25) is 0 Å². The van der Waals surface area contributed by atoms with Gasteiger partial charge in [0, 0.05) is 23.7 Å². The predicted molar refractivity (Wildman–Crippen MR) is 81.1 cm³/mol. The summed E-state index contributed by atoms with van der Waals surface area (Å²) in [7, 11) is -3.78. The molecule has 0 amide bonds. The normalized spacial score (nSPS) is 12.3. The Morgan fingerprint density at radius 2 is 2.10 bits per heavy atom. The van der Waals surface area contributed by atoms with Crippen LogP contribution in [0, 0.1) is 12.7 Å². The van der Waals surface area contributed by atoms with E-state index < -0.39 is 15.8 Å². The lowest BCUT2D eigenvalue weighted by Gasteiger charge is -2.25. The fourth-order valence-corrected chi connectivity index (χ4v) is 4.49. The first-order valence-electron chi connectivity index (χ1n) is 6.47. The smallest absolute Gasteiger partial charge is 0.245 e. The fraction of sp³-hybridized carbons (Fsp3) is 0.357. The van der Waals surface area contributed by atoms with Gasteiger partial charge >= 0.3 is 0 Å². The molecule has 0 unspecified atom stereocenters. The first-order valence-corrected chi connectivity index (χ1v) is 8.79. The van der Waals surface area contributed by atoms with Gasteiger partial charge in [-0.05, 0) is 43.8 Å². The maximum atomic E-state index is 13.3. The summed E-state index contributed by atoms with van der Waals surface area (Å²) in [6, 6.07) is 2.72. The lowest BCUT2D eigenvalue weighted by atomic mass is 10.3. The van der Waals surface area contributed by atoms with Crippen LogP contribution >= 0.6 is 11.3 Å². The van der Waals surface area contributed by atoms with E-state index in [9.17, 15) is 12.8 Å². The minimum atomic E-state index is -3.78. The van der Waals surface area contributed by atoms with Crippen molar-refractivity contribution in [1.82, 2.24) is 9.29 Å². The Hall–Kier alpha value is -1.31. The van der Waals surface area contributed by atoms with E-state index in [-0.39, 0.29) is 17.5 Å². The quantitative estimate of drug-likeness (QED) is 0.847. The molecule has 0 aliphatic carbocycles. The number of rotatable bonds is 5. The van der Waals surface area contributed by atoms with Crippen molar-refractivity contribution in [3.63, 3.8) is 0 Å². The van der Waals surface area contributed by atoms with Crippen LogP contribution in [0.3, 0.4) is 0 Å². The third-order valence-corrected chi connectivity index (χ3v) is 6.12. The Morgan fingerprint density at radius 1 is 1.38 bits per heavy atom. The first-order chi connectivity index (χ1) is 9.82. The topological polar surface area (TPSA) is 50.3 Å². The van der Waals surface area contributed by atoms with Gasteiger partial charge in [0.15, 0.2) is 0 Å². The van der Waals surface area contributed by atoms with E-state index in [1.165, 1.54) is 21.8 Å². The summed E-state index contributed by atoms with van der Waals surface area (Å²) in [6.07, 6.45) is 2.16. The molecule has 2 heterocycles. The van der Waals surface area contributed by atoms with Crippen LogP contribution in [-0.4, -0.2) is 23.7 Å².